The van der Waals surface area contributed by atoms with Gasteiger partial charge in [-0.15, -0.1) is 0 Å². The minimum Gasteiger partial charge on any atom is -0.493 e. The first kappa shape index (κ1) is 36.7. The maximum absolute atomic E-state index is 14.2. The summed E-state index contributed by atoms with van der Waals surface area (Å²) in [4.78, 5) is 34.7. The van der Waals surface area contributed by atoms with Crippen LogP contribution >= 0.6 is 0 Å². The molecule has 1 unspecified atom stereocenters. The maximum atomic E-state index is 14.2. The number of ether oxygens (including phenoxy) is 4. The predicted molar refractivity (Wildman–Crippen MR) is 195 cm³/mol. The smallest absolute Gasteiger partial charge is 0.336 e. The third-order valence-electron chi connectivity index (χ3n) is 9.79. The second-order valence-corrected chi connectivity index (χ2v) is 12.9. The summed E-state index contributed by atoms with van der Waals surface area (Å²) < 4.78 is 22.5. The number of hydrogen-bond acceptors (Lipinski definition) is 9. The average Bonchev–Trinajstić information content (AvgIpc) is 3.15. The van der Waals surface area contributed by atoms with E-state index >= 15 is 0 Å². The second-order valence-electron chi connectivity index (χ2n) is 12.9. The van der Waals surface area contributed by atoms with Gasteiger partial charge < -0.3 is 28.7 Å². The van der Waals surface area contributed by atoms with Gasteiger partial charge in [-0.1, -0.05) is 66.7 Å². The van der Waals surface area contributed by atoms with E-state index in [9.17, 15) is 9.59 Å². The van der Waals surface area contributed by atoms with Crippen LogP contribution in [-0.4, -0.2) is 93.8 Å². The fourth-order valence-electron chi connectivity index (χ4n) is 7.08. The van der Waals surface area contributed by atoms with Gasteiger partial charge in [0.05, 0.1) is 45.0 Å². The molecule has 0 spiro atoms. The Morgan fingerprint density at radius 1 is 0.680 bits per heavy atom. The van der Waals surface area contributed by atoms with Crippen molar-refractivity contribution < 1.29 is 28.5 Å². The minimum absolute atomic E-state index is 0.281. The minimum atomic E-state index is -0.710. The van der Waals surface area contributed by atoms with Crippen LogP contribution in [0.3, 0.4) is 0 Å². The van der Waals surface area contributed by atoms with Crippen LogP contribution < -0.4 is 9.47 Å². The van der Waals surface area contributed by atoms with Gasteiger partial charge in [0, 0.05) is 57.2 Å². The Balaban J connectivity index is 1.32. The summed E-state index contributed by atoms with van der Waals surface area (Å²) in [5, 5.41) is 0. The van der Waals surface area contributed by atoms with Crippen molar-refractivity contribution >= 4 is 11.9 Å². The molecule has 2 heterocycles. The molecule has 3 aromatic rings. The highest BCUT2D eigenvalue weighted by molar-refractivity contribution is 6.00. The first-order valence-electron chi connectivity index (χ1n) is 17.5. The summed E-state index contributed by atoms with van der Waals surface area (Å²) in [5.41, 5.74) is 5.64. The molecule has 9 heteroatoms. The molecular weight excluding hydrogens is 630 g/mol. The van der Waals surface area contributed by atoms with Gasteiger partial charge in [0.1, 0.15) is 0 Å². The number of piperazine rings is 1. The van der Waals surface area contributed by atoms with Crippen LogP contribution in [0, 0.1) is 0 Å². The molecule has 1 saturated heterocycles. The van der Waals surface area contributed by atoms with Crippen LogP contribution in [0.1, 0.15) is 49.3 Å². The van der Waals surface area contributed by atoms with Crippen molar-refractivity contribution in [3.8, 4) is 11.5 Å². The predicted octanol–water partition coefficient (Wildman–Crippen LogP) is 6.21. The van der Waals surface area contributed by atoms with E-state index in [-0.39, 0.29) is 6.61 Å². The number of benzene rings is 3. The van der Waals surface area contributed by atoms with E-state index in [1.54, 1.807) is 20.3 Å². The van der Waals surface area contributed by atoms with E-state index in [2.05, 4.69) is 57.2 Å². The summed E-state index contributed by atoms with van der Waals surface area (Å²) in [6.07, 6.45) is 2.41. The first-order chi connectivity index (χ1) is 24.3. The third-order valence-corrected chi connectivity index (χ3v) is 9.79. The molecule has 9 nitrogen and oxygen atoms in total. The molecule has 1 atom stereocenters. The molecule has 0 amide bonds. The number of esters is 2. The number of rotatable bonds is 15. The number of hydrogen-bond donors (Lipinski definition) is 0. The van der Waals surface area contributed by atoms with Gasteiger partial charge in [0.15, 0.2) is 11.5 Å². The van der Waals surface area contributed by atoms with E-state index in [0.29, 0.717) is 34.8 Å². The SMILES string of the molecule is COC(=O)C1=C(C)N(CCCc2ccccc2)C(C)=C(C(=O)OCCCN2CCN(Cc3ccccc3)CC2)C1c1ccc(OC)c(OC)c1. The monoisotopic (exact) mass is 681 g/mol. The van der Waals surface area contributed by atoms with Crippen LogP contribution in [0.25, 0.3) is 0 Å². The lowest BCUT2D eigenvalue weighted by atomic mass is 9.79. The van der Waals surface area contributed by atoms with Crippen LogP contribution in [0.4, 0.5) is 0 Å². The normalized spacial score (nSPS) is 17.1. The number of methoxy groups -OCH3 is 3. The van der Waals surface area contributed by atoms with Gasteiger partial charge in [-0.05, 0) is 61.9 Å². The first-order valence-corrected chi connectivity index (χ1v) is 17.5. The molecule has 5 rings (SSSR count). The zero-order valence-corrected chi connectivity index (χ0v) is 30.2. The quantitative estimate of drug-likeness (QED) is 0.138. The molecule has 2 aliphatic rings. The van der Waals surface area contributed by atoms with E-state index in [4.69, 9.17) is 18.9 Å². The molecule has 2 aliphatic heterocycles. The Morgan fingerprint density at radius 3 is 1.90 bits per heavy atom. The largest absolute Gasteiger partial charge is 0.493 e. The molecule has 0 radical (unpaired) electrons. The Labute approximate surface area is 297 Å². The molecule has 0 aliphatic carbocycles. The van der Waals surface area contributed by atoms with Crippen molar-refractivity contribution in [2.24, 2.45) is 0 Å². The van der Waals surface area contributed by atoms with Gasteiger partial charge in [0.2, 0.25) is 0 Å². The van der Waals surface area contributed by atoms with Crippen LogP contribution in [0.2, 0.25) is 0 Å². The highest BCUT2D eigenvalue weighted by Crippen LogP contribution is 2.45. The average molecular weight is 682 g/mol. The highest BCUT2D eigenvalue weighted by atomic mass is 16.5. The maximum Gasteiger partial charge on any atom is 0.336 e. The molecule has 0 saturated carbocycles. The van der Waals surface area contributed by atoms with Gasteiger partial charge in [-0.2, -0.15) is 0 Å². The summed E-state index contributed by atoms with van der Waals surface area (Å²) in [7, 11) is 4.52. The molecule has 0 aromatic heterocycles. The van der Waals surface area contributed by atoms with Crippen molar-refractivity contribution in [2.75, 3.05) is 67.2 Å². The van der Waals surface area contributed by atoms with Crippen molar-refractivity contribution in [3.63, 3.8) is 0 Å². The van der Waals surface area contributed by atoms with E-state index < -0.39 is 17.9 Å². The molecule has 0 bridgehead atoms. The zero-order valence-electron chi connectivity index (χ0n) is 30.2. The van der Waals surface area contributed by atoms with E-state index in [1.807, 2.05) is 44.2 Å². The number of carbonyl (C=O) groups is 2. The van der Waals surface area contributed by atoms with Gasteiger partial charge in [-0.3, -0.25) is 4.90 Å². The van der Waals surface area contributed by atoms with E-state index in [1.165, 1.54) is 18.2 Å². The number of nitrogens with zero attached hydrogens (tertiary/aromatic N) is 3. The number of carbonyl (C=O) groups excluding carboxylic acids is 2. The van der Waals surface area contributed by atoms with Crippen molar-refractivity contribution in [1.29, 1.82) is 0 Å². The highest BCUT2D eigenvalue weighted by Gasteiger charge is 2.40. The molecule has 266 valence electrons. The molecule has 50 heavy (non-hydrogen) atoms. The molecular formula is C41H51N3O6. The number of allylic oxidation sites excluding steroid dienone is 2. The fraction of sp³-hybridized carbons (Fsp3) is 0.415. The van der Waals surface area contributed by atoms with Crippen molar-refractivity contribution in [3.05, 3.63) is 118 Å². The van der Waals surface area contributed by atoms with E-state index in [0.717, 1.165) is 69.9 Å². The van der Waals surface area contributed by atoms with Crippen molar-refractivity contribution in [1.82, 2.24) is 14.7 Å². The Hall–Kier alpha value is -4.60. The Bertz CT molecular complexity index is 1650. The topological polar surface area (TPSA) is 80.8 Å². The van der Waals surface area contributed by atoms with Gasteiger partial charge in [0.25, 0.3) is 0 Å². The lowest BCUT2D eigenvalue weighted by molar-refractivity contribution is -0.139. The fourth-order valence-corrected chi connectivity index (χ4v) is 7.08. The zero-order chi connectivity index (χ0) is 35.5. The Morgan fingerprint density at radius 2 is 1.28 bits per heavy atom. The van der Waals surface area contributed by atoms with Gasteiger partial charge in [-0.25, -0.2) is 9.59 Å². The molecule has 0 N–H and O–H groups in total. The second kappa shape index (κ2) is 17.9. The molecule has 3 aromatic carbocycles. The van der Waals surface area contributed by atoms with Crippen molar-refractivity contribution in [2.45, 2.75) is 45.6 Å². The third kappa shape index (κ3) is 8.94. The lowest BCUT2D eigenvalue weighted by Crippen LogP contribution is -2.46. The van der Waals surface area contributed by atoms with Crippen LogP contribution in [0.15, 0.2) is 101 Å². The summed E-state index contributed by atoms with van der Waals surface area (Å²) in [5.74, 6) is -0.568. The van der Waals surface area contributed by atoms with Gasteiger partial charge >= 0.3 is 11.9 Å². The Kier molecular flexibility index (Phi) is 13.1. The number of aryl methyl sites for hydroxylation is 1. The molecule has 1 fully saturated rings. The lowest BCUT2D eigenvalue weighted by Gasteiger charge is -2.38. The summed E-state index contributed by atoms with van der Waals surface area (Å²) in [6.45, 7) is 10.6. The summed E-state index contributed by atoms with van der Waals surface area (Å²) >= 11 is 0. The summed E-state index contributed by atoms with van der Waals surface area (Å²) in [6, 6.07) is 26.4. The van der Waals surface area contributed by atoms with Crippen LogP contribution in [-0.2, 0) is 32.0 Å². The standard InChI is InChI=1S/C41H51N3O6/c1-30-37(40(45)49-5)39(34-19-20-35(47-3)36(28-34)48-4)38(31(2)44(30)22-12-18-32-14-8-6-9-15-32)41(46)50-27-13-21-42-23-25-43(26-24-42)29-33-16-10-7-11-17-33/h6-11,14-17,19-20,28,39H,12-13,18,21-27,29H2,1-5H3. The van der Waals surface area contributed by atoms with Crippen LogP contribution in [0.5, 0.6) is 11.5 Å².